The maximum absolute atomic E-state index is 10.2. The summed E-state index contributed by atoms with van der Waals surface area (Å²) in [4.78, 5) is 4.48. The lowest BCUT2D eigenvalue weighted by Gasteiger charge is -2.11. The molecule has 0 aromatic heterocycles. The zero-order valence-electron chi connectivity index (χ0n) is 16.9. The first-order valence-corrected chi connectivity index (χ1v) is 10.2. The Hall–Kier alpha value is -2.29. The predicted molar refractivity (Wildman–Crippen MR) is 115 cm³/mol. The number of nitrogens with zero attached hydrogens (tertiary/aromatic N) is 1. The fraction of sp³-hybridized carbons (Fsp3) is 0.458. The quantitative estimate of drug-likeness (QED) is 0.355. The van der Waals surface area contributed by atoms with Gasteiger partial charge in [-0.3, -0.25) is 4.99 Å². The van der Waals surface area contributed by atoms with Gasteiger partial charge in [0.25, 0.3) is 0 Å². The van der Waals surface area contributed by atoms with Crippen LogP contribution in [0.4, 0.5) is 5.69 Å². The van der Waals surface area contributed by atoms with Crippen LogP contribution in [-0.2, 0) is 6.42 Å². The van der Waals surface area contributed by atoms with Gasteiger partial charge in [-0.15, -0.1) is 0 Å². The van der Waals surface area contributed by atoms with E-state index < -0.39 is 0 Å². The number of unbranched alkanes of at least 4 members (excludes halogenated alkanes) is 3. The molecule has 0 amide bonds. The van der Waals surface area contributed by atoms with Gasteiger partial charge in [0.15, 0.2) is 0 Å². The Bertz CT molecular complexity index is 707. The molecule has 2 aromatic rings. The van der Waals surface area contributed by atoms with Gasteiger partial charge in [-0.2, -0.15) is 0 Å². The van der Waals surface area contributed by atoms with Gasteiger partial charge < -0.3 is 9.84 Å². The number of hydrogen-bond donors (Lipinski definition) is 1. The minimum absolute atomic E-state index is 0.188. The van der Waals surface area contributed by atoms with E-state index in [1.807, 2.05) is 24.3 Å². The summed E-state index contributed by atoms with van der Waals surface area (Å²) >= 11 is 0. The lowest BCUT2D eigenvalue weighted by molar-refractivity contribution is 0.255. The lowest BCUT2D eigenvalue weighted by Crippen LogP contribution is -2.07. The second-order valence-corrected chi connectivity index (χ2v) is 7.28. The highest BCUT2D eigenvalue weighted by Crippen LogP contribution is 2.24. The molecule has 0 spiro atoms. The number of hydrogen-bond acceptors (Lipinski definition) is 3. The van der Waals surface area contributed by atoms with Crippen LogP contribution in [0, 0.1) is 5.92 Å². The highest BCUT2D eigenvalue weighted by atomic mass is 16.5. The number of aryl methyl sites for hydroxylation is 1. The van der Waals surface area contributed by atoms with Gasteiger partial charge in [-0.1, -0.05) is 58.6 Å². The molecule has 1 N–H and O–H groups in total. The highest BCUT2D eigenvalue weighted by molar-refractivity contribution is 5.85. The molecule has 2 rings (SSSR count). The van der Waals surface area contributed by atoms with Crippen molar-refractivity contribution in [3.8, 4) is 11.5 Å². The number of phenols is 1. The molecule has 0 heterocycles. The molecule has 2 aromatic carbocycles. The lowest BCUT2D eigenvalue weighted by atomic mass is 10.1. The molecule has 0 radical (unpaired) electrons. The first-order valence-electron chi connectivity index (χ1n) is 10.2. The summed E-state index contributed by atoms with van der Waals surface area (Å²) in [5.41, 5.74) is 2.94. The summed E-state index contributed by atoms with van der Waals surface area (Å²) < 4.78 is 5.71. The summed E-state index contributed by atoms with van der Waals surface area (Å²) in [6.45, 7) is 7.19. The van der Waals surface area contributed by atoms with Crippen molar-refractivity contribution in [3.63, 3.8) is 0 Å². The Kier molecular flexibility index (Phi) is 8.90. The third kappa shape index (κ3) is 7.46. The first kappa shape index (κ1) is 21.0. The third-order valence-corrected chi connectivity index (χ3v) is 4.84. The van der Waals surface area contributed by atoms with Crippen molar-refractivity contribution in [2.75, 3.05) is 6.61 Å². The molecule has 0 unspecified atom stereocenters. The number of rotatable bonds is 11. The Morgan fingerprint density at radius 3 is 2.48 bits per heavy atom. The molecule has 0 saturated heterocycles. The second kappa shape index (κ2) is 11.4. The largest absolute Gasteiger partial charge is 0.507 e. The van der Waals surface area contributed by atoms with Crippen molar-refractivity contribution in [1.29, 1.82) is 0 Å². The van der Waals surface area contributed by atoms with E-state index in [4.69, 9.17) is 4.74 Å². The maximum atomic E-state index is 10.2. The Morgan fingerprint density at radius 2 is 1.81 bits per heavy atom. The molecule has 0 bridgehead atoms. The van der Waals surface area contributed by atoms with Gasteiger partial charge in [0.2, 0.25) is 0 Å². The number of phenolic OH excluding ortho intramolecular Hbond substituents is 1. The van der Waals surface area contributed by atoms with E-state index in [1.54, 1.807) is 12.3 Å². The molecule has 0 aliphatic carbocycles. The standard InChI is InChI=1S/C24H33NO2/c1-4-6-7-8-9-20-10-13-22(14-11-20)25-17-21-12-15-23(16-24(21)26)27-18-19(3)5-2/h10-17,19,26H,4-9,18H2,1-3H3/t19-/m1/s1. The highest BCUT2D eigenvalue weighted by Gasteiger charge is 2.04. The number of aliphatic imine (C=N–C) groups is 1. The predicted octanol–water partition coefficient (Wildman–Crippen LogP) is 6.69. The normalized spacial score (nSPS) is 12.4. The van der Waals surface area contributed by atoms with E-state index in [9.17, 15) is 5.11 Å². The fourth-order valence-electron chi connectivity index (χ4n) is 2.73. The van der Waals surface area contributed by atoms with E-state index in [1.165, 1.54) is 31.2 Å². The van der Waals surface area contributed by atoms with Gasteiger partial charge in [0.1, 0.15) is 11.5 Å². The smallest absolute Gasteiger partial charge is 0.128 e. The van der Waals surface area contributed by atoms with Crippen molar-refractivity contribution in [3.05, 3.63) is 53.6 Å². The summed E-state index contributed by atoms with van der Waals surface area (Å²) in [7, 11) is 0. The fourth-order valence-corrected chi connectivity index (χ4v) is 2.73. The molecule has 0 saturated carbocycles. The molecule has 1 atom stereocenters. The van der Waals surface area contributed by atoms with E-state index in [2.05, 4.69) is 37.9 Å². The van der Waals surface area contributed by atoms with Crippen LogP contribution in [0.25, 0.3) is 0 Å². The van der Waals surface area contributed by atoms with Gasteiger partial charge in [-0.25, -0.2) is 0 Å². The van der Waals surface area contributed by atoms with Crippen molar-refractivity contribution in [1.82, 2.24) is 0 Å². The Morgan fingerprint density at radius 1 is 1.04 bits per heavy atom. The number of benzene rings is 2. The van der Waals surface area contributed by atoms with Gasteiger partial charge >= 0.3 is 0 Å². The third-order valence-electron chi connectivity index (χ3n) is 4.84. The molecule has 27 heavy (non-hydrogen) atoms. The van der Waals surface area contributed by atoms with Crippen LogP contribution in [0.15, 0.2) is 47.5 Å². The molecule has 146 valence electrons. The van der Waals surface area contributed by atoms with E-state index in [0.29, 0.717) is 23.8 Å². The molecule has 0 aliphatic rings. The SMILES string of the molecule is CCCCCCc1ccc(N=Cc2ccc(OC[C@H](C)CC)cc2O)cc1. The average molecular weight is 368 g/mol. The Balaban J connectivity index is 1.91. The average Bonchev–Trinajstić information content (AvgIpc) is 2.69. The summed E-state index contributed by atoms with van der Waals surface area (Å²) in [5.74, 6) is 1.38. The second-order valence-electron chi connectivity index (χ2n) is 7.28. The minimum Gasteiger partial charge on any atom is -0.507 e. The zero-order valence-corrected chi connectivity index (χ0v) is 16.9. The van der Waals surface area contributed by atoms with Crippen molar-refractivity contribution >= 4 is 11.9 Å². The van der Waals surface area contributed by atoms with Crippen LogP contribution in [0.2, 0.25) is 0 Å². The molecular weight excluding hydrogens is 334 g/mol. The number of aromatic hydroxyl groups is 1. The van der Waals surface area contributed by atoms with Crippen LogP contribution in [0.5, 0.6) is 11.5 Å². The van der Waals surface area contributed by atoms with Crippen LogP contribution in [-0.4, -0.2) is 17.9 Å². The van der Waals surface area contributed by atoms with E-state index in [-0.39, 0.29) is 5.75 Å². The summed E-state index contributed by atoms with van der Waals surface area (Å²) in [5, 5.41) is 10.2. The van der Waals surface area contributed by atoms with Crippen LogP contribution in [0.1, 0.15) is 64.0 Å². The zero-order chi connectivity index (χ0) is 19.5. The summed E-state index contributed by atoms with van der Waals surface area (Å²) in [6.07, 6.45) is 9.03. The molecule has 0 aliphatic heterocycles. The van der Waals surface area contributed by atoms with E-state index >= 15 is 0 Å². The maximum Gasteiger partial charge on any atom is 0.128 e. The molecule has 0 fully saturated rings. The van der Waals surface area contributed by atoms with Crippen molar-refractivity contribution in [2.45, 2.75) is 59.3 Å². The van der Waals surface area contributed by atoms with Gasteiger partial charge in [-0.05, 0) is 48.6 Å². The molecule has 3 nitrogen and oxygen atoms in total. The van der Waals surface area contributed by atoms with Gasteiger partial charge in [0, 0.05) is 17.8 Å². The number of ether oxygens (including phenoxy) is 1. The molecule has 3 heteroatoms. The Labute approximate surface area is 164 Å². The van der Waals surface area contributed by atoms with Crippen LogP contribution in [0.3, 0.4) is 0 Å². The van der Waals surface area contributed by atoms with Crippen molar-refractivity contribution in [2.24, 2.45) is 10.9 Å². The first-order chi connectivity index (χ1) is 13.1. The molecular formula is C24H33NO2. The summed E-state index contributed by atoms with van der Waals surface area (Å²) in [6, 6.07) is 13.7. The minimum atomic E-state index is 0.188. The topological polar surface area (TPSA) is 41.8 Å². The van der Waals surface area contributed by atoms with Crippen molar-refractivity contribution < 1.29 is 9.84 Å². The van der Waals surface area contributed by atoms with E-state index in [0.717, 1.165) is 18.5 Å². The van der Waals surface area contributed by atoms with Crippen LogP contribution >= 0.6 is 0 Å². The van der Waals surface area contributed by atoms with Crippen LogP contribution < -0.4 is 4.74 Å². The monoisotopic (exact) mass is 367 g/mol. The van der Waals surface area contributed by atoms with Gasteiger partial charge in [0.05, 0.1) is 12.3 Å².